The molecule has 0 bridgehead atoms. The van der Waals surface area contributed by atoms with Crippen molar-refractivity contribution in [3.05, 3.63) is 182 Å². The van der Waals surface area contributed by atoms with Gasteiger partial charge in [0.05, 0.1) is 33.3 Å². The molecule has 0 atom stereocenters. The highest BCUT2D eigenvalue weighted by atomic mass is 15.0. The lowest BCUT2D eigenvalue weighted by Crippen LogP contribution is -2.00. The van der Waals surface area contributed by atoms with Crippen molar-refractivity contribution in [1.29, 1.82) is 0 Å². The van der Waals surface area contributed by atoms with Gasteiger partial charge in [-0.3, -0.25) is 0 Å². The lowest BCUT2D eigenvalue weighted by molar-refractivity contribution is 1.15. The minimum Gasteiger partial charge on any atom is -0.307 e. The van der Waals surface area contributed by atoms with Gasteiger partial charge in [-0.2, -0.15) is 0 Å². The third-order valence-electron chi connectivity index (χ3n) is 10.5. The van der Waals surface area contributed by atoms with E-state index in [1.54, 1.807) is 0 Å². The number of hydrogen-bond donors (Lipinski definition) is 0. The molecule has 11 aromatic rings. The summed E-state index contributed by atoms with van der Waals surface area (Å²) < 4.78 is 4.90. The monoisotopic (exact) mass is 662 g/mol. The van der Waals surface area contributed by atoms with E-state index in [0.29, 0.717) is 5.82 Å². The standard InChI is InChI=1S/C48H30N4/c1-3-15-32(16-4-1)45-39-23-9-11-24-41(39)49-48(50-45)33-17-13-20-35(30-33)52-42-25-12-10-22-37(42)38-27-28-40-44-36-21-8-7-14-31(36)26-29-43(44)51(47(40)46(38)52)34-18-5-2-6-19-34/h1-30H. The molecule has 0 N–H and O–H groups in total. The third-order valence-corrected chi connectivity index (χ3v) is 10.5. The summed E-state index contributed by atoms with van der Waals surface area (Å²) in [5, 5.41) is 8.46. The summed E-state index contributed by atoms with van der Waals surface area (Å²) in [5.74, 6) is 0.704. The Balaban J connectivity index is 1.25. The fourth-order valence-corrected chi connectivity index (χ4v) is 8.24. The van der Waals surface area contributed by atoms with Crippen LogP contribution in [-0.4, -0.2) is 19.1 Å². The highest BCUT2D eigenvalue weighted by Crippen LogP contribution is 2.44. The van der Waals surface area contributed by atoms with Crippen molar-refractivity contribution in [2.45, 2.75) is 0 Å². The molecule has 0 fully saturated rings. The highest BCUT2D eigenvalue weighted by Gasteiger charge is 2.22. The molecule has 3 heterocycles. The average Bonchev–Trinajstić information content (AvgIpc) is 3.74. The molecule has 11 rings (SSSR count). The van der Waals surface area contributed by atoms with Crippen LogP contribution >= 0.6 is 0 Å². The second-order valence-electron chi connectivity index (χ2n) is 13.4. The first kappa shape index (κ1) is 28.8. The summed E-state index contributed by atoms with van der Waals surface area (Å²) in [6, 6.07) is 64.8. The zero-order valence-electron chi connectivity index (χ0n) is 28.1. The predicted octanol–water partition coefficient (Wildman–Crippen LogP) is 12.3. The normalized spacial score (nSPS) is 11.8. The maximum absolute atomic E-state index is 5.23. The van der Waals surface area contributed by atoms with E-state index in [-0.39, 0.29) is 0 Å². The number of hydrogen-bond acceptors (Lipinski definition) is 2. The van der Waals surface area contributed by atoms with Crippen LogP contribution in [0.15, 0.2) is 182 Å². The van der Waals surface area contributed by atoms with Crippen molar-refractivity contribution in [2.24, 2.45) is 0 Å². The smallest absolute Gasteiger partial charge is 0.160 e. The van der Waals surface area contributed by atoms with Crippen LogP contribution in [0, 0.1) is 0 Å². The minimum absolute atomic E-state index is 0.704. The minimum atomic E-state index is 0.704. The largest absolute Gasteiger partial charge is 0.307 e. The Labute approximate surface area is 299 Å². The van der Waals surface area contributed by atoms with Gasteiger partial charge in [-0.25, -0.2) is 9.97 Å². The fourth-order valence-electron chi connectivity index (χ4n) is 8.24. The Morgan fingerprint density at radius 2 is 1.00 bits per heavy atom. The number of fused-ring (bicyclic) bond motifs is 10. The first-order valence-corrected chi connectivity index (χ1v) is 17.7. The van der Waals surface area contributed by atoms with Crippen LogP contribution in [-0.2, 0) is 0 Å². The van der Waals surface area contributed by atoms with Gasteiger partial charge in [0, 0.05) is 49.4 Å². The van der Waals surface area contributed by atoms with E-state index in [1.807, 2.05) is 12.1 Å². The Bertz CT molecular complexity index is 3170. The van der Waals surface area contributed by atoms with E-state index >= 15 is 0 Å². The lowest BCUT2D eigenvalue weighted by Gasteiger charge is -2.14. The molecular weight excluding hydrogens is 633 g/mol. The molecule has 0 saturated heterocycles. The van der Waals surface area contributed by atoms with Crippen LogP contribution in [0.3, 0.4) is 0 Å². The van der Waals surface area contributed by atoms with Crippen LogP contribution in [0.25, 0.3) is 99.3 Å². The molecule has 0 saturated carbocycles. The van der Waals surface area contributed by atoms with E-state index in [4.69, 9.17) is 9.97 Å². The van der Waals surface area contributed by atoms with E-state index < -0.39 is 0 Å². The lowest BCUT2D eigenvalue weighted by atomic mass is 10.0. The van der Waals surface area contributed by atoms with Gasteiger partial charge in [0.2, 0.25) is 0 Å². The van der Waals surface area contributed by atoms with Crippen molar-refractivity contribution in [2.75, 3.05) is 0 Å². The van der Waals surface area contributed by atoms with Crippen molar-refractivity contribution in [3.8, 4) is 34.0 Å². The first-order chi connectivity index (χ1) is 25.8. The van der Waals surface area contributed by atoms with Gasteiger partial charge in [-0.15, -0.1) is 0 Å². The van der Waals surface area contributed by atoms with E-state index in [9.17, 15) is 0 Å². The molecule has 0 aliphatic rings. The molecule has 3 aromatic heterocycles. The molecule has 0 aliphatic heterocycles. The predicted molar refractivity (Wildman–Crippen MR) is 217 cm³/mol. The van der Waals surface area contributed by atoms with Gasteiger partial charge in [0.25, 0.3) is 0 Å². The van der Waals surface area contributed by atoms with Gasteiger partial charge >= 0.3 is 0 Å². The highest BCUT2D eigenvalue weighted by molar-refractivity contribution is 6.28. The van der Waals surface area contributed by atoms with Gasteiger partial charge in [-0.05, 0) is 53.2 Å². The topological polar surface area (TPSA) is 35.6 Å². The van der Waals surface area contributed by atoms with Crippen LogP contribution < -0.4 is 0 Å². The Hall–Kier alpha value is -7.04. The number of rotatable bonds is 4. The maximum Gasteiger partial charge on any atom is 0.160 e. The molecule has 8 aromatic carbocycles. The second-order valence-corrected chi connectivity index (χ2v) is 13.4. The first-order valence-electron chi connectivity index (χ1n) is 17.7. The summed E-state index contributed by atoms with van der Waals surface area (Å²) >= 11 is 0. The molecule has 4 heteroatoms. The molecule has 0 spiro atoms. The molecule has 4 nitrogen and oxygen atoms in total. The van der Waals surface area contributed by atoms with Crippen LogP contribution in [0.1, 0.15) is 0 Å². The van der Waals surface area contributed by atoms with E-state index in [2.05, 4.69) is 179 Å². The van der Waals surface area contributed by atoms with Crippen LogP contribution in [0.5, 0.6) is 0 Å². The summed E-state index contributed by atoms with van der Waals surface area (Å²) in [7, 11) is 0. The third kappa shape index (κ3) is 4.21. The molecule has 0 radical (unpaired) electrons. The van der Waals surface area contributed by atoms with Crippen LogP contribution in [0.2, 0.25) is 0 Å². The van der Waals surface area contributed by atoms with Gasteiger partial charge in [-0.1, -0.05) is 140 Å². The summed E-state index contributed by atoms with van der Waals surface area (Å²) in [6.45, 7) is 0. The molecule has 242 valence electrons. The quantitative estimate of drug-likeness (QED) is 0.188. The number of aromatic nitrogens is 4. The van der Waals surface area contributed by atoms with Crippen LogP contribution in [0.4, 0.5) is 0 Å². The average molecular weight is 663 g/mol. The van der Waals surface area contributed by atoms with Gasteiger partial charge in [0.1, 0.15) is 0 Å². The Morgan fingerprint density at radius 3 is 1.87 bits per heavy atom. The molecular formula is C48H30N4. The number of nitrogens with zero attached hydrogens (tertiary/aromatic N) is 4. The second kappa shape index (κ2) is 11.2. The molecule has 0 aliphatic carbocycles. The van der Waals surface area contributed by atoms with Crippen molar-refractivity contribution < 1.29 is 0 Å². The summed E-state index contributed by atoms with van der Waals surface area (Å²) in [4.78, 5) is 10.3. The van der Waals surface area contributed by atoms with E-state index in [0.717, 1.165) is 44.6 Å². The zero-order valence-corrected chi connectivity index (χ0v) is 28.1. The van der Waals surface area contributed by atoms with Gasteiger partial charge in [0.15, 0.2) is 5.82 Å². The van der Waals surface area contributed by atoms with Crippen molar-refractivity contribution in [1.82, 2.24) is 19.1 Å². The maximum atomic E-state index is 5.23. The molecule has 0 unspecified atom stereocenters. The molecule has 52 heavy (non-hydrogen) atoms. The van der Waals surface area contributed by atoms with Crippen molar-refractivity contribution in [3.63, 3.8) is 0 Å². The van der Waals surface area contributed by atoms with Gasteiger partial charge < -0.3 is 9.13 Å². The zero-order chi connectivity index (χ0) is 34.2. The SMILES string of the molecule is c1ccc(-c2nc(-c3cccc(-n4c5ccccc5c5ccc6c7c8ccccc8ccc7n(-c7ccccc7)c6c54)c3)nc3ccccc23)cc1. The fraction of sp³-hybridized carbons (Fsp3) is 0. The van der Waals surface area contributed by atoms with E-state index in [1.165, 1.54) is 48.9 Å². The Morgan fingerprint density at radius 1 is 0.365 bits per heavy atom. The number of para-hydroxylation sites is 3. The summed E-state index contributed by atoms with van der Waals surface area (Å²) in [6.07, 6.45) is 0. The van der Waals surface area contributed by atoms with Crippen molar-refractivity contribution >= 4 is 65.3 Å². The molecule has 0 amide bonds. The summed E-state index contributed by atoms with van der Waals surface area (Å²) in [5.41, 5.74) is 10.8. The number of benzene rings is 8. The Kier molecular flexibility index (Phi) is 6.22.